The quantitative estimate of drug-likeness (QED) is 0.269. The summed E-state index contributed by atoms with van der Waals surface area (Å²) < 4.78 is 5.38. The summed E-state index contributed by atoms with van der Waals surface area (Å²) in [5, 5.41) is 20.7. The second kappa shape index (κ2) is 10.8. The Morgan fingerprint density at radius 3 is 2.41 bits per heavy atom. The Balaban J connectivity index is 1.38. The summed E-state index contributed by atoms with van der Waals surface area (Å²) in [5.74, 6) is 1.03. The number of methoxy groups -OCH3 is 1. The number of carbonyl (C=O) groups is 1. The van der Waals surface area contributed by atoms with E-state index in [0.717, 1.165) is 27.9 Å². The van der Waals surface area contributed by atoms with Gasteiger partial charge in [0.25, 0.3) is 0 Å². The van der Waals surface area contributed by atoms with E-state index < -0.39 is 6.10 Å². The van der Waals surface area contributed by atoms with Gasteiger partial charge in [-0.25, -0.2) is 4.98 Å². The number of phenols is 1. The highest BCUT2D eigenvalue weighted by atomic mass is 35.5. The van der Waals surface area contributed by atoms with E-state index >= 15 is 0 Å². The van der Waals surface area contributed by atoms with Crippen LogP contribution in [-0.4, -0.2) is 39.2 Å². The standard InChI is InChI=1S/C29H25ClN2O4S/c1-36-28-24(3-2-16-31-28)18-6-12-22(13-7-18)32-26(20-8-14-23(33)15-9-20)27(29(32)35)37-17-25(34)19-4-10-21(30)11-5-19/h2-16,25-27,33-34H,17H2,1H3/t25-,26+,27+/m0/s1. The van der Waals surface area contributed by atoms with E-state index in [2.05, 4.69) is 4.98 Å². The van der Waals surface area contributed by atoms with Crippen molar-refractivity contribution in [3.63, 3.8) is 0 Å². The Kier molecular flexibility index (Phi) is 7.37. The number of β-lactam (4-membered cyclic amide) rings is 1. The maximum atomic E-state index is 13.4. The molecular weight excluding hydrogens is 508 g/mol. The molecule has 1 fully saturated rings. The first-order valence-electron chi connectivity index (χ1n) is 11.7. The zero-order valence-electron chi connectivity index (χ0n) is 20.0. The van der Waals surface area contributed by atoms with E-state index in [1.807, 2.05) is 48.5 Å². The Morgan fingerprint density at radius 1 is 1.03 bits per heavy atom. The number of thioether (sulfide) groups is 1. The van der Waals surface area contributed by atoms with Gasteiger partial charge in [-0.2, -0.15) is 0 Å². The summed E-state index contributed by atoms with van der Waals surface area (Å²) in [6.45, 7) is 0. The van der Waals surface area contributed by atoms with Gasteiger partial charge in [0.05, 0.1) is 19.3 Å². The normalized spacial score (nSPS) is 17.8. The second-order valence-electron chi connectivity index (χ2n) is 8.67. The van der Waals surface area contributed by atoms with Crippen LogP contribution in [0.5, 0.6) is 11.6 Å². The van der Waals surface area contributed by atoms with Crippen LogP contribution in [0.2, 0.25) is 5.02 Å². The van der Waals surface area contributed by atoms with Crippen LogP contribution in [0, 0.1) is 0 Å². The molecule has 188 valence electrons. The van der Waals surface area contributed by atoms with E-state index in [1.165, 1.54) is 11.8 Å². The van der Waals surface area contributed by atoms with Gasteiger partial charge in [-0.1, -0.05) is 48.0 Å². The van der Waals surface area contributed by atoms with Gasteiger partial charge in [-0.3, -0.25) is 4.79 Å². The number of pyridine rings is 1. The SMILES string of the molecule is COc1ncccc1-c1ccc(N2C(=O)[C@H](SC[C@H](O)c3ccc(Cl)cc3)[C@H]2c2ccc(O)cc2)cc1. The molecule has 0 radical (unpaired) electrons. The molecule has 1 aromatic heterocycles. The molecule has 1 saturated heterocycles. The number of anilines is 1. The number of aromatic hydroxyl groups is 1. The minimum atomic E-state index is -0.724. The van der Waals surface area contributed by atoms with E-state index in [9.17, 15) is 15.0 Å². The van der Waals surface area contributed by atoms with E-state index in [4.69, 9.17) is 16.3 Å². The van der Waals surface area contributed by atoms with Crippen LogP contribution >= 0.6 is 23.4 Å². The molecule has 0 bridgehead atoms. The third kappa shape index (κ3) is 5.16. The van der Waals surface area contributed by atoms with Crippen molar-refractivity contribution in [1.82, 2.24) is 4.98 Å². The number of aromatic nitrogens is 1. The Hall–Kier alpha value is -3.52. The number of nitrogens with zero attached hydrogens (tertiary/aromatic N) is 2. The van der Waals surface area contributed by atoms with E-state index in [0.29, 0.717) is 16.7 Å². The van der Waals surface area contributed by atoms with Gasteiger partial charge >= 0.3 is 0 Å². The first-order valence-corrected chi connectivity index (χ1v) is 13.2. The topological polar surface area (TPSA) is 82.9 Å². The first kappa shape index (κ1) is 25.1. The second-order valence-corrected chi connectivity index (χ2v) is 10.3. The smallest absolute Gasteiger partial charge is 0.243 e. The lowest BCUT2D eigenvalue weighted by molar-refractivity contribution is -0.123. The van der Waals surface area contributed by atoms with Crippen molar-refractivity contribution in [2.24, 2.45) is 0 Å². The Morgan fingerprint density at radius 2 is 1.73 bits per heavy atom. The number of halogens is 1. The number of phenolic OH excluding ortho intramolecular Hbond substituents is 1. The van der Waals surface area contributed by atoms with Gasteiger partial charge in [0.2, 0.25) is 11.8 Å². The molecule has 1 amide bonds. The van der Waals surface area contributed by atoms with Crippen molar-refractivity contribution in [2.75, 3.05) is 17.8 Å². The monoisotopic (exact) mass is 532 g/mol. The molecule has 3 aromatic carbocycles. The van der Waals surface area contributed by atoms with Crippen molar-refractivity contribution in [1.29, 1.82) is 0 Å². The highest BCUT2D eigenvalue weighted by Crippen LogP contribution is 2.46. The molecule has 0 saturated carbocycles. The van der Waals surface area contributed by atoms with Crippen LogP contribution in [0.1, 0.15) is 23.3 Å². The fourth-order valence-corrected chi connectivity index (χ4v) is 5.88. The summed E-state index contributed by atoms with van der Waals surface area (Å²) in [6.07, 6.45) is 0.956. The summed E-state index contributed by atoms with van der Waals surface area (Å²) in [4.78, 5) is 19.4. The molecule has 8 heteroatoms. The van der Waals surface area contributed by atoms with Crippen molar-refractivity contribution in [2.45, 2.75) is 17.4 Å². The number of rotatable bonds is 8. The van der Waals surface area contributed by atoms with Crippen LogP contribution in [0.4, 0.5) is 5.69 Å². The number of aliphatic hydroxyl groups is 1. The lowest BCUT2D eigenvalue weighted by Crippen LogP contribution is -2.57. The Labute approximate surface area is 224 Å². The maximum absolute atomic E-state index is 13.4. The summed E-state index contributed by atoms with van der Waals surface area (Å²) in [5.41, 5.74) is 4.23. The van der Waals surface area contributed by atoms with Crippen LogP contribution in [-0.2, 0) is 4.79 Å². The van der Waals surface area contributed by atoms with Crippen molar-refractivity contribution in [3.05, 3.63) is 107 Å². The van der Waals surface area contributed by atoms with Crippen LogP contribution in [0.15, 0.2) is 91.1 Å². The number of hydrogen-bond donors (Lipinski definition) is 2. The Bertz CT molecular complexity index is 1380. The van der Waals surface area contributed by atoms with Gasteiger partial charge < -0.3 is 19.8 Å². The molecule has 0 unspecified atom stereocenters. The number of ether oxygens (including phenoxy) is 1. The molecule has 37 heavy (non-hydrogen) atoms. The molecule has 0 spiro atoms. The molecule has 3 atom stereocenters. The minimum absolute atomic E-state index is 0.0295. The van der Waals surface area contributed by atoms with Gasteiger partial charge in [-0.05, 0) is 65.2 Å². The predicted octanol–water partition coefficient (Wildman–Crippen LogP) is 6.04. The summed E-state index contributed by atoms with van der Waals surface area (Å²) >= 11 is 7.39. The fraction of sp³-hybridized carbons (Fsp3) is 0.172. The minimum Gasteiger partial charge on any atom is -0.508 e. The summed E-state index contributed by atoms with van der Waals surface area (Å²) in [6, 6.07) is 25.2. The largest absolute Gasteiger partial charge is 0.508 e. The zero-order valence-corrected chi connectivity index (χ0v) is 21.6. The molecular formula is C29H25ClN2O4S. The number of aliphatic hydroxyl groups excluding tert-OH is 1. The van der Waals surface area contributed by atoms with Gasteiger partial charge in [-0.15, -0.1) is 11.8 Å². The van der Waals surface area contributed by atoms with Gasteiger partial charge in [0, 0.05) is 28.2 Å². The van der Waals surface area contributed by atoms with E-state index in [-0.39, 0.29) is 22.9 Å². The number of benzene rings is 3. The number of amides is 1. The molecule has 5 rings (SSSR count). The van der Waals surface area contributed by atoms with Gasteiger partial charge in [0.15, 0.2) is 0 Å². The molecule has 2 heterocycles. The first-order chi connectivity index (χ1) is 18.0. The lowest BCUT2D eigenvalue weighted by Gasteiger charge is -2.47. The molecule has 2 N–H and O–H groups in total. The maximum Gasteiger partial charge on any atom is 0.243 e. The molecule has 1 aliphatic heterocycles. The molecule has 6 nitrogen and oxygen atoms in total. The average molecular weight is 533 g/mol. The third-order valence-electron chi connectivity index (χ3n) is 6.39. The summed E-state index contributed by atoms with van der Waals surface area (Å²) in [7, 11) is 1.59. The number of hydrogen-bond acceptors (Lipinski definition) is 6. The van der Waals surface area contributed by atoms with Crippen LogP contribution in [0.25, 0.3) is 11.1 Å². The predicted molar refractivity (Wildman–Crippen MR) is 147 cm³/mol. The lowest BCUT2D eigenvalue weighted by atomic mass is 9.92. The highest BCUT2D eigenvalue weighted by molar-refractivity contribution is 8.00. The van der Waals surface area contributed by atoms with Gasteiger partial charge in [0.1, 0.15) is 11.0 Å². The zero-order chi connectivity index (χ0) is 25.9. The number of carbonyl (C=O) groups excluding carboxylic acids is 1. The van der Waals surface area contributed by atoms with E-state index in [1.54, 1.807) is 54.6 Å². The fourth-order valence-electron chi connectivity index (χ4n) is 4.46. The molecule has 1 aliphatic rings. The highest BCUT2D eigenvalue weighted by Gasteiger charge is 2.49. The van der Waals surface area contributed by atoms with Crippen molar-refractivity contribution < 1.29 is 19.7 Å². The van der Waals surface area contributed by atoms with Crippen molar-refractivity contribution >= 4 is 35.0 Å². The van der Waals surface area contributed by atoms with Crippen LogP contribution < -0.4 is 9.64 Å². The van der Waals surface area contributed by atoms with Crippen LogP contribution in [0.3, 0.4) is 0 Å². The van der Waals surface area contributed by atoms with Crippen molar-refractivity contribution in [3.8, 4) is 22.8 Å². The molecule has 4 aromatic rings. The average Bonchev–Trinajstić information content (AvgIpc) is 2.93. The molecule has 0 aliphatic carbocycles. The third-order valence-corrected chi connectivity index (χ3v) is 7.97.